The molecular weight excluding hydrogens is 476 g/mol. The van der Waals surface area contributed by atoms with E-state index < -0.39 is 0 Å². The molecule has 0 saturated carbocycles. The molecule has 0 unspecified atom stereocenters. The van der Waals surface area contributed by atoms with E-state index >= 15 is 0 Å². The molecule has 2 aromatic rings. The van der Waals surface area contributed by atoms with E-state index in [-0.39, 0.29) is 30.1 Å². The predicted molar refractivity (Wildman–Crippen MR) is 138 cm³/mol. The molecule has 0 spiro atoms. The molecule has 1 atom stereocenters. The van der Waals surface area contributed by atoms with Crippen LogP contribution in [0.1, 0.15) is 58.8 Å². The second kappa shape index (κ2) is 10.0. The first-order valence-corrected chi connectivity index (χ1v) is 13.5. The van der Waals surface area contributed by atoms with Gasteiger partial charge in [0.1, 0.15) is 0 Å². The normalized spacial score (nSPS) is 23.9. The largest absolute Gasteiger partial charge is 0.381 e. The van der Waals surface area contributed by atoms with E-state index in [0.717, 1.165) is 75.2 Å². The highest BCUT2D eigenvalue weighted by molar-refractivity contribution is 6.30. The van der Waals surface area contributed by atoms with Gasteiger partial charge in [-0.1, -0.05) is 35.9 Å². The predicted octanol–water partition coefficient (Wildman–Crippen LogP) is 4.21. The Balaban J connectivity index is 1.16. The van der Waals surface area contributed by atoms with Gasteiger partial charge in [0, 0.05) is 68.6 Å². The van der Waals surface area contributed by atoms with Crippen LogP contribution in [0.2, 0.25) is 5.02 Å². The maximum absolute atomic E-state index is 13.8. The van der Waals surface area contributed by atoms with Crippen LogP contribution in [0.3, 0.4) is 0 Å². The van der Waals surface area contributed by atoms with Crippen molar-refractivity contribution in [2.24, 2.45) is 0 Å². The third kappa shape index (κ3) is 4.60. The quantitative estimate of drug-likeness (QED) is 0.657. The molecule has 0 aromatic heterocycles. The van der Waals surface area contributed by atoms with Crippen molar-refractivity contribution < 1.29 is 14.3 Å². The van der Waals surface area contributed by atoms with Gasteiger partial charge in [-0.3, -0.25) is 9.69 Å². The summed E-state index contributed by atoms with van der Waals surface area (Å²) in [5.74, 6) is 0.0247. The van der Waals surface area contributed by atoms with E-state index in [4.69, 9.17) is 16.3 Å². The third-order valence-corrected chi connectivity index (χ3v) is 8.48. The Kier molecular flexibility index (Phi) is 6.63. The second-order valence-corrected chi connectivity index (χ2v) is 10.9. The third-order valence-electron chi connectivity index (χ3n) is 8.25. The molecule has 4 aliphatic rings. The number of piperidine rings is 1. The van der Waals surface area contributed by atoms with Crippen molar-refractivity contribution in [1.29, 1.82) is 0 Å². The van der Waals surface area contributed by atoms with Crippen LogP contribution in [0.25, 0.3) is 0 Å². The fraction of sp³-hybridized carbons (Fsp3) is 0.500. The molecule has 0 radical (unpaired) electrons. The van der Waals surface area contributed by atoms with Crippen molar-refractivity contribution in [3.8, 4) is 0 Å². The molecule has 2 aromatic carbocycles. The first-order chi connectivity index (χ1) is 17.6. The smallest absolute Gasteiger partial charge is 0.321 e. The summed E-state index contributed by atoms with van der Waals surface area (Å²) in [4.78, 5) is 32.4. The van der Waals surface area contributed by atoms with E-state index in [2.05, 4.69) is 38.2 Å². The lowest BCUT2D eigenvalue weighted by molar-refractivity contribution is 0.0493. The average Bonchev–Trinajstić information content (AvgIpc) is 3.44. The molecule has 3 saturated heterocycles. The number of benzene rings is 2. The van der Waals surface area contributed by atoms with Gasteiger partial charge in [-0.2, -0.15) is 0 Å². The Morgan fingerprint density at radius 2 is 1.78 bits per heavy atom. The van der Waals surface area contributed by atoms with E-state index in [1.54, 1.807) is 0 Å². The summed E-state index contributed by atoms with van der Waals surface area (Å²) in [6.45, 7) is 5.54. The summed E-state index contributed by atoms with van der Waals surface area (Å²) in [5, 5.41) is 3.61. The lowest BCUT2D eigenvalue weighted by Crippen LogP contribution is -2.48. The molecule has 7 nitrogen and oxygen atoms in total. The topological polar surface area (TPSA) is 65.1 Å². The number of hydrogen-bond donors (Lipinski definition) is 1. The summed E-state index contributed by atoms with van der Waals surface area (Å²) in [7, 11) is 0. The monoisotopic (exact) mass is 508 g/mol. The molecular formula is C28H33ClN4O3. The lowest BCUT2D eigenvalue weighted by atomic mass is 9.98. The molecule has 36 heavy (non-hydrogen) atoms. The highest BCUT2D eigenvalue weighted by Crippen LogP contribution is 2.37. The summed E-state index contributed by atoms with van der Waals surface area (Å²) in [6.07, 6.45) is 3.72. The van der Waals surface area contributed by atoms with Crippen LogP contribution in [-0.4, -0.2) is 71.6 Å². The summed E-state index contributed by atoms with van der Waals surface area (Å²) >= 11 is 6.35. The van der Waals surface area contributed by atoms with Crippen LogP contribution in [0.5, 0.6) is 0 Å². The van der Waals surface area contributed by atoms with Gasteiger partial charge in [-0.25, -0.2) is 4.79 Å². The minimum atomic E-state index is 0.0247. The van der Waals surface area contributed by atoms with Gasteiger partial charge in [0.15, 0.2) is 0 Å². The van der Waals surface area contributed by atoms with Gasteiger partial charge in [0.05, 0.1) is 6.04 Å². The molecule has 8 heteroatoms. The number of likely N-dealkylation sites (tertiary alicyclic amines) is 1. The van der Waals surface area contributed by atoms with E-state index in [9.17, 15) is 9.59 Å². The zero-order valence-electron chi connectivity index (χ0n) is 20.5. The number of urea groups is 1. The van der Waals surface area contributed by atoms with E-state index in [1.165, 1.54) is 5.56 Å². The minimum Gasteiger partial charge on any atom is -0.381 e. The van der Waals surface area contributed by atoms with Crippen LogP contribution >= 0.6 is 11.6 Å². The fourth-order valence-corrected chi connectivity index (χ4v) is 6.52. The summed E-state index contributed by atoms with van der Waals surface area (Å²) in [5.41, 5.74) is 4.25. The standard InChI is InChI=1S/C28H33ClN4O3/c29-22-3-1-2-20(15-22)26-18-32(23-8-12-36-13-9-23)28(35)33(26)24-6-10-31(11-7-24)17-19-4-5-25-21(14-19)16-30-27(25)34/h1-5,14-15,23-24,26H,6-13,16-18H2,(H,30,34)/t26-/m0/s1. The fourth-order valence-electron chi connectivity index (χ4n) is 6.32. The van der Waals surface area contributed by atoms with E-state index in [1.807, 2.05) is 24.3 Å². The van der Waals surface area contributed by atoms with Gasteiger partial charge < -0.3 is 19.9 Å². The Hall–Kier alpha value is -2.61. The van der Waals surface area contributed by atoms with Gasteiger partial charge in [-0.05, 0) is 60.6 Å². The Morgan fingerprint density at radius 1 is 0.972 bits per heavy atom. The lowest BCUT2D eigenvalue weighted by Gasteiger charge is -2.39. The molecule has 4 heterocycles. The zero-order valence-corrected chi connectivity index (χ0v) is 21.3. The van der Waals surface area contributed by atoms with Crippen molar-refractivity contribution in [1.82, 2.24) is 20.0 Å². The maximum Gasteiger partial charge on any atom is 0.321 e. The zero-order chi connectivity index (χ0) is 24.6. The highest BCUT2D eigenvalue weighted by Gasteiger charge is 2.45. The number of carbonyl (C=O) groups excluding carboxylic acids is 2. The number of nitrogens with one attached hydrogen (secondary N) is 1. The number of rotatable bonds is 5. The Bertz CT molecular complexity index is 1140. The first kappa shape index (κ1) is 23.8. The van der Waals surface area contributed by atoms with Crippen molar-refractivity contribution in [3.05, 3.63) is 69.7 Å². The molecule has 0 bridgehead atoms. The second-order valence-electron chi connectivity index (χ2n) is 10.4. The van der Waals surface area contributed by atoms with Gasteiger partial charge in [0.25, 0.3) is 5.91 Å². The average molecular weight is 509 g/mol. The molecule has 3 amide bonds. The van der Waals surface area contributed by atoms with Gasteiger partial charge in [0.2, 0.25) is 0 Å². The molecule has 6 rings (SSSR count). The number of nitrogens with zero attached hydrogens (tertiary/aromatic N) is 3. The number of carbonyl (C=O) groups is 2. The molecule has 0 aliphatic carbocycles. The van der Waals surface area contributed by atoms with Gasteiger partial charge in [-0.15, -0.1) is 0 Å². The van der Waals surface area contributed by atoms with Crippen LogP contribution in [0.15, 0.2) is 42.5 Å². The van der Waals surface area contributed by atoms with Crippen molar-refractivity contribution in [3.63, 3.8) is 0 Å². The van der Waals surface area contributed by atoms with Crippen LogP contribution in [0, 0.1) is 0 Å². The summed E-state index contributed by atoms with van der Waals surface area (Å²) < 4.78 is 5.56. The SMILES string of the molecule is O=C1NCc2cc(CN3CCC(N4C(=O)N(C5CCOCC5)C[C@H]4c4cccc(Cl)c4)CC3)ccc21. The first-order valence-electron chi connectivity index (χ1n) is 13.1. The van der Waals surface area contributed by atoms with Crippen molar-refractivity contribution in [2.45, 2.75) is 56.9 Å². The van der Waals surface area contributed by atoms with Crippen LogP contribution < -0.4 is 5.32 Å². The van der Waals surface area contributed by atoms with Crippen molar-refractivity contribution >= 4 is 23.5 Å². The number of amides is 3. The number of fused-ring (bicyclic) bond motifs is 1. The molecule has 1 N–H and O–H groups in total. The number of hydrogen-bond acceptors (Lipinski definition) is 4. The molecule has 3 fully saturated rings. The molecule has 190 valence electrons. The number of ether oxygens (including phenoxy) is 1. The Labute approximate surface area is 217 Å². The highest BCUT2D eigenvalue weighted by atomic mass is 35.5. The molecule has 4 aliphatic heterocycles. The number of halogens is 1. The van der Waals surface area contributed by atoms with Crippen LogP contribution in [-0.2, 0) is 17.8 Å². The van der Waals surface area contributed by atoms with Crippen molar-refractivity contribution in [2.75, 3.05) is 32.8 Å². The van der Waals surface area contributed by atoms with E-state index in [0.29, 0.717) is 18.1 Å². The maximum atomic E-state index is 13.8. The minimum absolute atomic E-state index is 0.0247. The van der Waals surface area contributed by atoms with Gasteiger partial charge >= 0.3 is 6.03 Å². The summed E-state index contributed by atoms with van der Waals surface area (Å²) in [6, 6.07) is 14.8. The Morgan fingerprint density at radius 3 is 2.56 bits per heavy atom. The van der Waals surface area contributed by atoms with Crippen LogP contribution in [0.4, 0.5) is 4.79 Å².